The Hall–Kier alpha value is -0.830. The van der Waals surface area contributed by atoms with Crippen molar-refractivity contribution in [2.45, 2.75) is 0 Å². The Kier molecular flexibility index (Phi) is 4.33. The number of carbonyl (C=O) groups is 2. The molecule has 1 aromatic rings. The maximum Gasteiger partial charge on any atom is 0.257 e. The van der Waals surface area contributed by atoms with Crippen LogP contribution in [0.4, 0.5) is 0 Å². The average molecular weight is 264 g/mol. The van der Waals surface area contributed by atoms with Crippen LogP contribution in [-0.2, 0) is 9.59 Å². The number of hydrogen-bond donors (Lipinski definition) is 0. The van der Waals surface area contributed by atoms with Crippen molar-refractivity contribution in [1.29, 1.82) is 0 Å². The van der Waals surface area contributed by atoms with E-state index in [0.717, 1.165) is 0 Å². The van der Waals surface area contributed by atoms with Crippen molar-refractivity contribution < 1.29 is 9.59 Å². The summed E-state index contributed by atoms with van der Waals surface area (Å²) in [5.74, 6) is 0. The Labute approximate surface area is 101 Å². The minimum Gasteiger partial charge on any atom is -0.275 e. The number of rotatable bonds is 3. The van der Waals surface area contributed by atoms with Gasteiger partial charge in [-0.1, -0.05) is 23.7 Å². The van der Waals surface area contributed by atoms with Gasteiger partial charge in [0.25, 0.3) is 10.5 Å². The fourth-order valence-electron chi connectivity index (χ4n) is 0.916. The monoisotopic (exact) mass is 262 g/mol. The highest BCUT2D eigenvalue weighted by Gasteiger charge is 2.13. The van der Waals surface area contributed by atoms with E-state index in [1.807, 2.05) is 0 Å². The molecule has 0 amide bonds. The van der Waals surface area contributed by atoms with E-state index in [1.165, 1.54) is 6.08 Å². The molecule has 0 heterocycles. The lowest BCUT2D eigenvalue weighted by Crippen LogP contribution is -2.01. The number of halogens is 3. The zero-order valence-corrected chi connectivity index (χ0v) is 9.60. The number of benzene rings is 1. The van der Waals surface area contributed by atoms with Crippen LogP contribution in [0.15, 0.2) is 29.8 Å². The molecule has 0 saturated heterocycles. The largest absolute Gasteiger partial charge is 0.275 e. The van der Waals surface area contributed by atoms with Crippen molar-refractivity contribution in [2.75, 3.05) is 0 Å². The first-order valence-corrected chi connectivity index (χ1v) is 5.01. The van der Waals surface area contributed by atoms with E-state index in [1.54, 1.807) is 24.3 Å². The first-order chi connectivity index (χ1) is 7.00. The van der Waals surface area contributed by atoms with Crippen LogP contribution >= 0.6 is 34.8 Å². The van der Waals surface area contributed by atoms with Gasteiger partial charge in [0.05, 0.1) is 5.57 Å². The third-order valence-electron chi connectivity index (χ3n) is 1.60. The van der Waals surface area contributed by atoms with Gasteiger partial charge in [-0.25, -0.2) is 0 Å². The van der Waals surface area contributed by atoms with Crippen molar-refractivity contribution in [3.8, 4) is 0 Å². The zero-order valence-electron chi connectivity index (χ0n) is 7.34. The standard InChI is InChI=1S/C10H5Cl3O2/c11-7-3-1-6(2-4-7)5-8(9(12)14)10(13)15/h1-5H. The van der Waals surface area contributed by atoms with Crippen LogP contribution in [0.5, 0.6) is 0 Å². The third-order valence-corrected chi connectivity index (χ3v) is 2.26. The maximum absolute atomic E-state index is 10.8. The van der Waals surface area contributed by atoms with Gasteiger partial charge in [0, 0.05) is 5.02 Å². The summed E-state index contributed by atoms with van der Waals surface area (Å²) in [5, 5.41) is -1.21. The van der Waals surface area contributed by atoms with Gasteiger partial charge in [0.15, 0.2) is 0 Å². The Balaban J connectivity index is 3.08. The molecule has 2 nitrogen and oxygen atoms in total. The molecule has 0 aliphatic heterocycles. The van der Waals surface area contributed by atoms with E-state index in [4.69, 9.17) is 34.8 Å². The third kappa shape index (κ3) is 3.67. The Morgan fingerprint density at radius 2 is 1.47 bits per heavy atom. The van der Waals surface area contributed by atoms with E-state index in [-0.39, 0.29) is 5.57 Å². The summed E-state index contributed by atoms with van der Waals surface area (Å²) in [7, 11) is 0. The molecule has 0 saturated carbocycles. The lowest BCUT2D eigenvalue weighted by Gasteiger charge is -1.96. The van der Waals surface area contributed by atoms with Crippen LogP contribution in [-0.4, -0.2) is 10.5 Å². The van der Waals surface area contributed by atoms with E-state index in [0.29, 0.717) is 10.6 Å². The summed E-state index contributed by atoms with van der Waals surface area (Å²) in [6, 6.07) is 6.54. The van der Waals surface area contributed by atoms with Crippen molar-refractivity contribution in [1.82, 2.24) is 0 Å². The van der Waals surface area contributed by atoms with Crippen LogP contribution in [0.25, 0.3) is 6.08 Å². The molecule has 0 spiro atoms. The minimum atomic E-state index is -0.884. The number of carbonyl (C=O) groups excluding carboxylic acids is 2. The van der Waals surface area contributed by atoms with Gasteiger partial charge in [0.2, 0.25) is 0 Å². The highest BCUT2D eigenvalue weighted by molar-refractivity contribution is 6.80. The van der Waals surface area contributed by atoms with E-state index >= 15 is 0 Å². The fraction of sp³-hybridized carbons (Fsp3) is 0. The molecule has 0 fully saturated rings. The topological polar surface area (TPSA) is 34.1 Å². The van der Waals surface area contributed by atoms with E-state index < -0.39 is 10.5 Å². The van der Waals surface area contributed by atoms with Crippen LogP contribution in [0.1, 0.15) is 5.56 Å². The fourth-order valence-corrected chi connectivity index (χ4v) is 1.37. The van der Waals surface area contributed by atoms with Crippen molar-refractivity contribution in [2.24, 2.45) is 0 Å². The van der Waals surface area contributed by atoms with Gasteiger partial charge in [-0.2, -0.15) is 0 Å². The van der Waals surface area contributed by atoms with Crippen molar-refractivity contribution in [3.63, 3.8) is 0 Å². The summed E-state index contributed by atoms with van der Waals surface area (Å²) in [6.45, 7) is 0. The van der Waals surface area contributed by atoms with E-state index in [2.05, 4.69) is 0 Å². The molecule has 0 aliphatic rings. The lowest BCUT2D eigenvalue weighted by atomic mass is 10.1. The van der Waals surface area contributed by atoms with Gasteiger partial charge >= 0.3 is 0 Å². The first-order valence-electron chi connectivity index (χ1n) is 3.87. The van der Waals surface area contributed by atoms with Crippen molar-refractivity contribution >= 4 is 51.4 Å². The second-order valence-electron chi connectivity index (χ2n) is 2.66. The number of hydrogen-bond acceptors (Lipinski definition) is 2. The zero-order chi connectivity index (χ0) is 11.4. The molecule has 0 unspecified atom stereocenters. The Morgan fingerprint density at radius 1 is 1.00 bits per heavy atom. The highest BCUT2D eigenvalue weighted by atomic mass is 35.5. The normalized spacial score (nSPS) is 9.53. The van der Waals surface area contributed by atoms with Gasteiger partial charge in [-0.15, -0.1) is 0 Å². The lowest BCUT2D eigenvalue weighted by molar-refractivity contribution is -0.113. The molecule has 5 heteroatoms. The average Bonchev–Trinajstić information content (AvgIpc) is 2.15. The molecule has 78 valence electrons. The smallest absolute Gasteiger partial charge is 0.257 e. The molecule has 1 aromatic carbocycles. The molecule has 0 aliphatic carbocycles. The van der Waals surface area contributed by atoms with Crippen LogP contribution in [0.3, 0.4) is 0 Å². The van der Waals surface area contributed by atoms with Crippen molar-refractivity contribution in [3.05, 3.63) is 40.4 Å². The SMILES string of the molecule is O=C(Cl)C(=Cc1ccc(Cl)cc1)C(=O)Cl. The van der Waals surface area contributed by atoms with Gasteiger partial charge < -0.3 is 0 Å². The summed E-state index contributed by atoms with van der Waals surface area (Å²) in [6.07, 6.45) is 1.31. The first kappa shape index (κ1) is 12.2. The summed E-state index contributed by atoms with van der Waals surface area (Å²) >= 11 is 16.0. The summed E-state index contributed by atoms with van der Waals surface area (Å²) in [5.41, 5.74) is 0.359. The van der Waals surface area contributed by atoms with Crippen LogP contribution in [0, 0.1) is 0 Å². The molecule has 0 radical (unpaired) electrons. The minimum absolute atomic E-state index is 0.263. The summed E-state index contributed by atoms with van der Waals surface area (Å²) in [4.78, 5) is 21.6. The maximum atomic E-state index is 10.8. The Morgan fingerprint density at radius 3 is 1.87 bits per heavy atom. The molecule has 0 aromatic heterocycles. The predicted molar refractivity (Wildman–Crippen MR) is 61.1 cm³/mol. The summed E-state index contributed by atoms with van der Waals surface area (Å²) < 4.78 is 0. The second-order valence-corrected chi connectivity index (χ2v) is 3.78. The Bertz CT molecular complexity index is 405. The van der Waals surface area contributed by atoms with Gasteiger partial charge in [-0.05, 0) is 47.0 Å². The molecule has 15 heavy (non-hydrogen) atoms. The van der Waals surface area contributed by atoms with E-state index in [9.17, 15) is 9.59 Å². The van der Waals surface area contributed by atoms with Crippen LogP contribution in [0.2, 0.25) is 5.02 Å². The quantitative estimate of drug-likeness (QED) is 0.363. The molecule has 0 bridgehead atoms. The molecule has 0 N–H and O–H groups in total. The predicted octanol–water partition coefficient (Wildman–Crippen LogP) is 3.25. The second kappa shape index (κ2) is 5.31. The molecular formula is C10H5Cl3O2. The highest BCUT2D eigenvalue weighted by Crippen LogP contribution is 2.15. The molecule has 0 atom stereocenters. The molecular weight excluding hydrogens is 258 g/mol. The van der Waals surface area contributed by atoms with Gasteiger partial charge in [0.1, 0.15) is 0 Å². The number of allylic oxidation sites excluding steroid dienone is 1. The van der Waals surface area contributed by atoms with Crippen LogP contribution < -0.4 is 0 Å². The molecule has 1 rings (SSSR count). The van der Waals surface area contributed by atoms with Gasteiger partial charge in [-0.3, -0.25) is 9.59 Å².